The lowest BCUT2D eigenvalue weighted by molar-refractivity contribution is -0.128. The van der Waals surface area contributed by atoms with E-state index in [1.54, 1.807) is 6.92 Å². The first-order valence-electron chi connectivity index (χ1n) is 5.84. The molecular formula is C11H16N4O2S. The molecule has 0 saturated carbocycles. The van der Waals surface area contributed by atoms with Crippen LogP contribution in [0, 0.1) is 6.92 Å². The minimum atomic E-state index is -0.181. The average Bonchev–Trinajstić information content (AvgIpc) is 2.36. The number of carbonyl (C=O) groups excluding carboxylic acids is 1. The van der Waals surface area contributed by atoms with Gasteiger partial charge in [0.05, 0.1) is 5.75 Å². The number of nitrogens with one attached hydrogen (secondary N) is 2. The Morgan fingerprint density at radius 3 is 2.89 bits per heavy atom. The molecule has 1 amide bonds. The molecule has 1 aromatic rings. The number of rotatable bonds is 3. The van der Waals surface area contributed by atoms with Crippen molar-refractivity contribution in [2.45, 2.75) is 12.1 Å². The molecule has 2 heterocycles. The summed E-state index contributed by atoms with van der Waals surface area (Å²) in [6, 6.07) is 1.43. The number of aromatic nitrogens is 2. The average molecular weight is 268 g/mol. The van der Waals surface area contributed by atoms with E-state index in [0.717, 1.165) is 26.2 Å². The van der Waals surface area contributed by atoms with Crippen molar-refractivity contribution < 1.29 is 4.79 Å². The van der Waals surface area contributed by atoms with Crippen molar-refractivity contribution in [1.82, 2.24) is 20.2 Å². The maximum absolute atomic E-state index is 11.9. The lowest BCUT2D eigenvalue weighted by Gasteiger charge is -2.27. The fraction of sp³-hybridized carbons (Fsp3) is 0.545. The van der Waals surface area contributed by atoms with E-state index in [-0.39, 0.29) is 11.5 Å². The second-order valence-electron chi connectivity index (χ2n) is 4.11. The molecule has 1 aliphatic heterocycles. The van der Waals surface area contributed by atoms with Crippen LogP contribution in [-0.2, 0) is 4.79 Å². The predicted octanol–water partition coefficient (Wildman–Crippen LogP) is -0.398. The Morgan fingerprint density at radius 2 is 2.22 bits per heavy atom. The number of aromatic amines is 1. The number of hydrogen-bond acceptors (Lipinski definition) is 5. The van der Waals surface area contributed by atoms with Gasteiger partial charge in [-0.15, -0.1) is 0 Å². The number of aryl methyl sites for hydroxylation is 1. The summed E-state index contributed by atoms with van der Waals surface area (Å²) in [5.41, 5.74) is 0.482. The summed E-state index contributed by atoms with van der Waals surface area (Å²) in [5, 5.41) is 3.70. The summed E-state index contributed by atoms with van der Waals surface area (Å²) in [4.78, 5) is 31.8. The van der Waals surface area contributed by atoms with Crippen molar-refractivity contribution in [2.75, 3.05) is 31.9 Å². The largest absolute Gasteiger partial charge is 0.339 e. The van der Waals surface area contributed by atoms with Crippen LogP contribution in [-0.4, -0.2) is 52.7 Å². The van der Waals surface area contributed by atoms with Crippen LogP contribution >= 0.6 is 11.8 Å². The molecule has 18 heavy (non-hydrogen) atoms. The third-order valence-corrected chi connectivity index (χ3v) is 3.51. The maximum atomic E-state index is 11.9. The first-order valence-corrected chi connectivity index (χ1v) is 6.83. The molecule has 6 nitrogen and oxygen atoms in total. The number of thioether (sulfide) groups is 1. The molecule has 0 bridgehead atoms. The summed E-state index contributed by atoms with van der Waals surface area (Å²) in [5.74, 6) is 0.400. The van der Waals surface area contributed by atoms with Crippen LogP contribution in [0.25, 0.3) is 0 Å². The molecule has 0 radical (unpaired) electrons. The predicted molar refractivity (Wildman–Crippen MR) is 69.8 cm³/mol. The van der Waals surface area contributed by atoms with Crippen molar-refractivity contribution >= 4 is 17.7 Å². The Balaban J connectivity index is 1.90. The zero-order valence-electron chi connectivity index (χ0n) is 10.2. The molecule has 1 saturated heterocycles. The van der Waals surface area contributed by atoms with Crippen LogP contribution in [0.2, 0.25) is 0 Å². The number of carbonyl (C=O) groups is 1. The minimum absolute atomic E-state index is 0.0886. The number of piperazine rings is 1. The van der Waals surface area contributed by atoms with Gasteiger partial charge < -0.3 is 15.2 Å². The molecule has 2 rings (SSSR count). The van der Waals surface area contributed by atoms with Crippen molar-refractivity contribution in [1.29, 1.82) is 0 Å². The SMILES string of the molecule is Cc1cc(=O)[nH]c(SCC(=O)N2CCNCC2)n1. The van der Waals surface area contributed by atoms with Crippen molar-refractivity contribution in [3.8, 4) is 0 Å². The van der Waals surface area contributed by atoms with Gasteiger partial charge in [0.15, 0.2) is 5.16 Å². The molecular weight excluding hydrogens is 252 g/mol. The summed E-state index contributed by atoms with van der Waals surface area (Å²) >= 11 is 1.27. The minimum Gasteiger partial charge on any atom is -0.339 e. The van der Waals surface area contributed by atoms with E-state index in [1.165, 1.54) is 17.8 Å². The van der Waals surface area contributed by atoms with Crippen LogP contribution in [0.3, 0.4) is 0 Å². The van der Waals surface area contributed by atoms with Gasteiger partial charge in [-0.3, -0.25) is 9.59 Å². The fourth-order valence-electron chi connectivity index (χ4n) is 1.76. The highest BCUT2D eigenvalue weighted by Gasteiger charge is 2.16. The topological polar surface area (TPSA) is 78.1 Å². The van der Waals surface area contributed by atoms with Gasteiger partial charge in [0, 0.05) is 37.9 Å². The van der Waals surface area contributed by atoms with E-state index < -0.39 is 0 Å². The Bertz CT molecular complexity index is 482. The lowest BCUT2D eigenvalue weighted by Crippen LogP contribution is -2.47. The van der Waals surface area contributed by atoms with Gasteiger partial charge in [-0.2, -0.15) is 0 Å². The molecule has 0 spiro atoms. The molecule has 0 atom stereocenters. The van der Waals surface area contributed by atoms with Crippen LogP contribution in [0.4, 0.5) is 0 Å². The monoisotopic (exact) mass is 268 g/mol. The Labute approximate surface area is 109 Å². The Hall–Kier alpha value is -1.34. The van der Waals surface area contributed by atoms with Crippen LogP contribution in [0.1, 0.15) is 5.69 Å². The van der Waals surface area contributed by atoms with Gasteiger partial charge in [-0.1, -0.05) is 11.8 Å². The van der Waals surface area contributed by atoms with E-state index in [4.69, 9.17) is 0 Å². The second kappa shape index (κ2) is 6.01. The van der Waals surface area contributed by atoms with Gasteiger partial charge in [-0.25, -0.2) is 4.98 Å². The maximum Gasteiger partial charge on any atom is 0.251 e. The van der Waals surface area contributed by atoms with Gasteiger partial charge >= 0.3 is 0 Å². The molecule has 1 aliphatic rings. The first kappa shape index (κ1) is 13.1. The zero-order valence-corrected chi connectivity index (χ0v) is 11.0. The summed E-state index contributed by atoms with van der Waals surface area (Å²) in [6.45, 7) is 4.94. The third-order valence-electron chi connectivity index (χ3n) is 2.65. The van der Waals surface area contributed by atoms with Gasteiger partial charge in [0.25, 0.3) is 5.56 Å². The van der Waals surface area contributed by atoms with Crippen LogP contribution in [0.5, 0.6) is 0 Å². The molecule has 0 aromatic carbocycles. The van der Waals surface area contributed by atoms with Crippen molar-refractivity contribution in [3.05, 3.63) is 22.1 Å². The van der Waals surface area contributed by atoms with Gasteiger partial charge in [0.2, 0.25) is 5.91 Å². The standard InChI is InChI=1S/C11H16N4O2S/c1-8-6-9(16)14-11(13-8)18-7-10(17)15-4-2-12-3-5-15/h6,12H,2-5,7H2,1H3,(H,13,14,16). The number of nitrogens with zero attached hydrogens (tertiary/aromatic N) is 2. The van der Waals surface area contributed by atoms with Crippen molar-refractivity contribution in [2.24, 2.45) is 0 Å². The number of amides is 1. The molecule has 1 fully saturated rings. The molecule has 0 unspecified atom stereocenters. The lowest BCUT2D eigenvalue weighted by atomic mass is 10.3. The van der Waals surface area contributed by atoms with E-state index in [2.05, 4.69) is 15.3 Å². The smallest absolute Gasteiger partial charge is 0.251 e. The Morgan fingerprint density at radius 1 is 1.50 bits per heavy atom. The summed E-state index contributed by atoms with van der Waals surface area (Å²) in [7, 11) is 0. The van der Waals surface area contributed by atoms with Gasteiger partial charge in [-0.05, 0) is 6.92 Å². The summed E-state index contributed by atoms with van der Waals surface area (Å²) < 4.78 is 0. The van der Waals surface area contributed by atoms with E-state index in [1.807, 2.05) is 4.90 Å². The Kier molecular flexibility index (Phi) is 4.38. The third kappa shape index (κ3) is 3.58. The highest BCUT2D eigenvalue weighted by Crippen LogP contribution is 2.12. The van der Waals surface area contributed by atoms with Gasteiger partial charge in [0.1, 0.15) is 0 Å². The molecule has 1 aromatic heterocycles. The zero-order chi connectivity index (χ0) is 13.0. The highest BCUT2D eigenvalue weighted by atomic mass is 32.2. The first-order chi connectivity index (χ1) is 8.65. The highest BCUT2D eigenvalue weighted by molar-refractivity contribution is 7.99. The molecule has 98 valence electrons. The number of hydrogen-bond donors (Lipinski definition) is 2. The van der Waals surface area contributed by atoms with Crippen LogP contribution in [0.15, 0.2) is 16.0 Å². The summed E-state index contributed by atoms with van der Waals surface area (Å²) in [6.07, 6.45) is 0. The fourth-order valence-corrected chi connectivity index (χ4v) is 2.58. The van der Waals surface area contributed by atoms with E-state index >= 15 is 0 Å². The van der Waals surface area contributed by atoms with E-state index in [9.17, 15) is 9.59 Å². The quantitative estimate of drug-likeness (QED) is 0.576. The molecule has 0 aliphatic carbocycles. The molecule has 7 heteroatoms. The molecule has 2 N–H and O–H groups in total. The van der Waals surface area contributed by atoms with Crippen molar-refractivity contribution in [3.63, 3.8) is 0 Å². The number of H-pyrrole nitrogens is 1. The normalized spacial score (nSPS) is 15.7. The second-order valence-corrected chi connectivity index (χ2v) is 5.08. The van der Waals surface area contributed by atoms with E-state index in [0.29, 0.717) is 16.6 Å². The van der Waals surface area contributed by atoms with Crippen LogP contribution < -0.4 is 10.9 Å².